The van der Waals surface area contributed by atoms with Gasteiger partial charge in [0.05, 0.1) is 5.56 Å². The summed E-state index contributed by atoms with van der Waals surface area (Å²) in [6.45, 7) is 3.39. The van der Waals surface area contributed by atoms with Crippen LogP contribution >= 0.6 is 11.8 Å². The molecular formula is C20H21F3O8S. The summed E-state index contributed by atoms with van der Waals surface area (Å²) >= 11 is 0.717. The van der Waals surface area contributed by atoms with Crippen LogP contribution in [0.5, 0.6) is 0 Å². The number of alkyl halides is 3. The van der Waals surface area contributed by atoms with Crippen molar-refractivity contribution < 1.29 is 51.2 Å². The molecule has 2 heterocycles. The molecule has 3 rings (SSSR count). The molecule has 0 aliphatic carbocycles. The van der Waals surface area contributed by atoms with Gasteiger partial charge in [-0.2, -0.15) is 13.2 Å². The van der Waals surface area contributed by atoms with Crippen LogP contribution in [0.3, 0.4) is 0 Å². The first-order valence-electron chi connectivity index (χ1n) is 9.52. The van der Waals surface area contributed by atoms with Crippen molar-refractivity contribution in [3.8, 4) is 0 Å². The van der Waals surface area contributed by atoms with Gasteiger partial charge in [-0.15, -0.1) is 11.8 Å². The van der Waals surface area contributed by atoms with E-state index in [0.29, 0.717) is 0 Å². The maximum absolute atomic E-state index is 13.1. The minimum atomic E-state index is -5.33. The van der Waals surface area contributed by atoms with E-state index in [9.17, 15) is 27.6 Å². The summed E-state index contributed by atoms with van der Waals surface area (Å²) in [7, 11) is 0. The fourth-order valence-electron chi connectivity index (χ4n) is 3.42. The van der Waals surface area contributed by atoms with E-state index in [4.69, 9.17) is 23.7 Å². The number of halogens is 3. The zero-order chi connectivity index (χ0) is 23.7. The molecule has 0 saturated carbocycles. The predicted molar refractivity (Wildman–Crippen MR) is 103 cm³/mol. The summed E-state index contributed by atoms with van der Waals surface area (Å²) in [5.41, 5.74) is 0.133. The molecule has 0 radical (unpaired) electrons. The summed E-state index contributed by atoms with van der Waals surface area (Å²) in [5, 5.41) is 0. The molecule has 4 atom stereocenters. The Morgan fingerprint density at radius 2 is 1.81 bits per heavy atom. The molecule has 2 aliphatic heterocycles. The van der Waals surface area contributed by atoms with Crippen LogP contribution in [0.2, 0.25) is 0 Å². The number of rotatable bonds is 5. The summed E-state index contributed by atoms with van der Waals surface area (Å²) < 4.78 is 66.0. The Morgan fingerprint density at radius 1 is 1.16 bits per heavy atom. The number of carbonyl (C=O) groups excluding carboxylic acids is 3. The first-order chi connectivity index (χ1) is 14.8. The van der Waals surface area contributed by atoms with Gasteiger partial charge in [0.15, 0.2) is 11.9 Å². The number of hydrogen-bond donors (Lipinski definition) is 0. The number of hydrogen-bond acceptors (Lipinski definition) is 9. The topological polar surface area (TPSA) is 97.4 Å². The van der Waals surface area contributed by atoms with E-state index < -0.39 is 59.7 Å². The molecule has 0 aromatic heterocycles. The molecule has 32 heavy (non-hydrogen) atoms. The van der Waals surface area contributed by atoms with Gasteiger partial charge in [0.2, 0.25) is 4.93 Å². The first-order valence-corrected chi connectivity index (χ1v) is 10.5. The van der Waals surface area contributed by atoms with Gasteiger partial charge >= 0.3 is 24.1 Å². The quantitative estimate of drug-likeness (QED) is 0.467. The minimum Gasteiger partial charge on any atom is -0.457 e. The second-order valence-electron chi connectivity index (χ2n) is 7.62. The van der Waals surface area contributed by atoms with Gasteiger partial charge in [-0.05, 0) is 26.0 Å². The zero-order valence-corrected chi connectivity index (χ0v) is 18.2. The maximum Gasteiger partial charge on any atom is 0.490 e. The lowest BCUT2D eigenvalue weighted by Crippen LogP contribution is -2.62. The van der Waals surface area contributed by atoms with Gasteiger partial charge in [0.25, 0.3) is 0 Å². The summed E-state index contributed by atoms with van der Waals surface area (Å²) in [6.07, 6.45) is -8.60. The molecule has 2 aliphatic rings. The molecule has 0 unspecified atom stereocenters. The highest BCUT2D eigenvalue weighted by molar-refractivity contribution is 8.00. The molecular weight excluding hydrogens is 457 g/mol. The number of thioether (sulfide) groups is 1. The monoisotopic (exact) mass is 478 g/mol. The van der Waals surface area contributed by atoms with Crippen molar-refractivity contribution in [2.45, 2.75) is 56.0 Å². The number of esters is 3. The average molecular weight is 478 g/mol. The highest BCUT2D eigenvalue weighted by Crippen LogP contribution is 2.47. The largest absolute Gasteiger partial charge is 0.490 e. The van der Waals surface area contributed by atoms with Crippen molar-refractivity contribution in [3.63, 3.8) is 0 Å². The lowest BCUT2D eigenvalue weighted by atomic mass is 10.0. The third kappa shape index (κ3) is 5.36. The first kappa shape index (κ1) is 24.3. The minimum absolute atomic E-state index is 0.0277. The van der Waals surface area contributed by atoms with E-state index in [2.05, 4.69) is 0 Å². The second kappa shape index (κ2) is 8.91. The Kier molecular flexibility index (Phi) is 6.78. The van der Waals surface area contributed by atoms with Gasteiger partial charge in [-0.25, -0.2) is 9.59 Å². The van der Waals surface area contributed by atoms with Crippen LogP contribution < -0.4 is 0 Å². The van der Waals surface area contributed by atoms with Crippen molar-refractivity contribution in [3.05, 3.63) is 35.9 Å². The van der Waals surface area contributed by atoms with E-state index >= 15 is 0 Å². The van der Waals surface area contributed by atoms with Gasteiger partial charge < -0.3 is 23.7 Å². The molecule has 0 bridgehead atoms. The second-order valence-corrected chi connectivity index (χ2v) is 8.93. The molecule has 1 aromatic carbocycles. The fraction of sp³-hybridized carbons (Fsp3) is 0.550. The lowest BCUT2D eigenvalue weighted by Gasteiger charge is -2.44. The van der Waals surface area contributed by atoms with Crippen LogP contribution in [0.15, 0.2) is 30.3 Å². The fourth-order valence-corrected chi connectivity index (χ4v) is 4.75. The van der Waals surface area contributed by atoms with Crippen molar-refractivity contribution in [1.29, 1.82) is 0 Å². The van der Waals surface area contributed by atoms with Crippen molar-refractivity contribution >= 4 is 29.7 Å². The number of fused-ring (bicyclic) bond motifs is 1. The van der Waals surface area contributed by atoms with Crippen LogP contribution in [0.1, 0.15) is 31.1 Å². The van der Waals surface area contributed by atoms with Crippen LogP contribution in [-0.4, -0.2) is 65.5 Å². The van der Waals surface area contributed by atoms with E-state index in [0.717, 1.165) is 18.7 Å². The Hall–Kier alpha value is -2.31. The number of ether oxygens (including phenoxy) is 5. The van der Waals surface area contributed by atoms with Crippen molar-refractivity contribution in [1.82, 2.24) is 0 Å². The van der Waals surface area contributed by atoms with Gasteiger partial charge in [-0.3, -0.25) is 4.79 Å². The molecule has 2 fully saturated rings. The molecule has 12 heteroatoms. The smallest absolute Gasteiger partial charge is 0.457 e. The van der Waals surface area contributed by atoms with E-state index in [1.807, 2.05) is 0 Å². The number of benzene rings is 1. The third-order valence-corrected chi connectivity index (χ3v) is 6.07. The van der Waals surface area contributed by atoms with E-state index in [1.54, 1.807) is 32.0 Å². The molecule has 0 amide bonds. The predicted octanol–water partition coefficient (Wildman–Crippen LogP) is 2.84. The third-order valence-electron chi connectivity index (χ3n) is 4.65. The van der Waals surface area contributed by atoms with Crippen LogP contribution in [0, 0.1) is 0 Å². The molecule has 0 spiro atoms. The normalized spacial score (nSPS) is 29.0. The lowest BCUT2D eigenvalue weighted by molar-refractivity contribution is -0.226. The van der Waals surface area contributed by atoms with Gasteiger partial charge in [-0.1, -0.05) is 18.2 Å². The standard InChI is InChI=1S/C20H21F3O8S/c1-11(24)28-15-14-13(29-18(2,3)30-14)9-32-19(15,31-17(26)20(21,22)23)10-27-16(25)12-7-5-4-6-8-12/h4-8,13-15H,9-10H2,1-3H3/t13-,14+,15-,19+/m0/s1. The van der Waals surface area contributed by atoms with Crippen LogP contribution in [0.4, 0.5) is 13.2 Å². The van der Waals surface area contributed by atoms with Crippen molar-refractivity contribution in [2.24, 2.45) is 0 Å². The Bertz CT molecular complexity index is 875. The molecule has 8 nitrogen and oxygen atoms in total. The van der Waals surface area contributed by atoms with Crippen LogP contribution in [-0.2, 0) is 33.3 Å². The summed E-state index contributed by atoms with van der Waals surface area (Å²) in [5.74, 6) is -5.33. The SMILES string of the molecule is CC(=O)O[C@H]1[C@@H]2OC(C)(C)O[C@H]2CS[C@@]1(COC(=O)c1ccccc1)OC(=O)C(F)(F)F. The number of carbonyl (C=O) groups is 3. The zero-order valence-electron chi connectivity index (χ0n) is 17.3. The molecule has 0 N–H and O–H groups in total. The Morgan fingerprint density at radius 3 is 2.41 bits per heavy atom. The Balaban J connectivity index is 1.94. The van der Waals surface area contributed by atoms with Crippen molar-refractivity contribution in [2.75, 3.05) is 12.4 Å². The molecule has 1 aromatic rings. The summed E-state index contributed by atoms with van der Waals surface area (Å²) in [4.78, 5) is 33.8. The maximum atomic E-state index is 13.1. The molecule has 176 valence electrons. The highest BCUT2D eigenvalue weighted by atomic mass is 32.2. The molecule has 2 saturated heterocycles. The average Bonchev–Trinajstić information content (AvgIpc) is 3.02. The highest BCUT2D eigenvalue weighted by Gasteiger charge is 2.63. The van der Waals surface area contributed by atoms with E-state index in [-0.39, 0.29) is 11.3 Å². The van der Waals surface area contributed by atoms with Crippen LogP contribution in [0.25, 0.3) is 0 Å². The van der Waals surface area contributed by atoms with Gasteiger partial charge in [0, 0.05) is 12.7 Å². The van der Waals surface area contributed by atoms with E-state index in [1.165, 1.54) is 12.1 Å². The Labute approximate surface area is 185 Å². The summed E-state index contributed by atoms with van der Waals surface area (Å²) in [6, 6.07) is 7.70. The van der Waals surface area contributed by atoms with Gasteiger partial charge in [0.1, 0.15) is 18.8 Å².